The molecule has 6 nitrogen and oxygen atoms in total. The van der Waals surface area contributed by atoms with Crippen LogP contribution in [0.25, 0.3) is 0 Å². The molecule has 206 valence electrons. The van der Waals surface area contributed by atoms with Crippen LogP contribution in [0.1, 0.15) is 35.1 Å². The van der Waals surface area contributed by atoms with E-state index in [2.05, 4.69) is 17.4 Å². The normalized spacial score (nSPS) is 11.5. The van der Waals surface area contributed by atoms with Crippen LogP contribution in [0.15, 0.2) is 109 Å². The Labute approximate surface area is 235 Å². The van der Waals surface area contributed by atoms with Crippen molar-refractivity contribution < 1.29 is 23.8 Å². The van der Waals surface area contributed by atoms with Crippen LogP contribution in [0.3, 0.4) is 0 Å². The molecule has 0 aliphatic rings. The fraction of sp³-hybridized carbons (Fsp3) is 0.235. The quantitative estimate of drug-likeness (QED) is 0.220. The topological polar surface area (TPSA) is 73.9 Å². The van der Waals surface area contributed by atoms with Crippen molar-refractivity contribution in [3.8, 4) is 11.5 Å². The number of benzene rings is 4. The number of nitrogens with one attached hydrogen (secondary N) is 1. The number of hydrogen-bond acceptors (Lipinski definition) is 5. The monoisotopic (exact) mass is 537 g/mol. The van der Waals surface area contributed by atoms with E-state index in [4.69, 9.17) is 14.2 Å². The van der Waals surface area contributed by atoms with Crippen LogP contribution in [0.2, 0.25) is 0 Å². The summed E-state index contributed by atoms with van der Waals surface area (Å²) in [6, 6.07) is 33.8. The number of esters is 1. The highest BCUT2D eigenvalue weighted by Crippen LogP contribution is 2.33. The molecular weight excluding hydrogens is 502 g/mol. The molecule has 4 aromatic rings. The van der Waals surface area contributed by atoms with E-state index in [1.165, 1.54) is 0 Å². The zero-order valence-electron chi connectivity index (χ0n) is 22.9. The van der Waals surface area contributed by atoms with Gasteiger partial charge >= 0.3 is 5.97 Å². The van der Waals surface area contributed by atoms with Gasteiger partial charge in [-0.05, 0) is 29.7 Å². The van der Waals surface area contributed by atoms with Gasteiger partial charge in [0.1, 0.15) is 6.04 Å². The minimum atomic E-state index is -0.925. The Hall–Kier alpha value is -4.58. The molecule has 0 bridgehead atoms. The van der Waals surface area contributed by atoms with Crippen molar-refractivity contribution in [2.75, 3.05) is 20.3 Å². The third kappa shape index (κ3) is 7.50. The van der Waals surface area contributed by atoms with Gasteiger partial charge in [-0.15, -0.1) is 0 Å². The summed E-state index contributed by atoms with van der Waals surface area (Å²) in [5.74, 6) is -0.275. The maximum Gasteiger partial charge on any atom is 0.328 e. The molecule has 1 atom stereocenters. The highest BCUT2D eigenvalue weighted by Gasteiger charge is 2.30. The van der Waals surface area contributed by atoms with E-state index in [0.717, 1.165) is 22.3 Å². The Morgan fingerprint density at radius 2 is 1.38 bits per heavy atom. The van der Waals surface area contributed by atoms with E-state index < -0.39 is 17.9 Å². The van der Waals surface area contributed by atoms with Crippen LogP contribution >= 0.6 is 0 Å². The van der Waals surface area contributed by atoms with Gasteiger partial charge in [0.05, 0.1) is 26.2 Å². The lowest BCUT2D eigenvalue weighted by atomic mass is 9.90. The molecule has 4 rings (SSSR count). The van der Waals surface area contributed by atoms with Crippen molar-refractivity contribution in [1.82, 2.24) is 5.32 Å². The molecule has 0 radical (unpaired) electrons. The first-order chi connectivity index (χ1) is 19.6. The second-order valence-corrected chi connectivity index (χ2v) is 9.30. The summed E-state index contributed by atoms with van der Waals surface area (Å²) in [6.07, 6.45) is 0.894. The molecule has 1 unspecified atom stereocenters. The number of ether oxygens (including phenoxy) is 3. The lowest BCUT2D eigenvalue weighted by Crippen LogP contribution is -2.45. The summed E-state index contributed by atoms with van der Waals surface area (Å²) in [4.78, 5) is 27.0. The lowest BCUT2D eigenvalue weighted by molar-refractivity contribution is -0.147. The zero-order chi connectivity index (χ0) is 28.2. The van der Waals surface area contributed by atoms with E-state index in [1.54, 1.807) is 14.0 Å². The molecule has 0 aromatic heterocycles. The molecular formula is C34H35NO5. The molecule has 0 saturated heterocycles. The van der Waals surface area contributed by atoms with Crippen LogP contribution in [-0.4, -0.2) is 38.2 Å². The molecule has 40 heavy (non-hydrogen) atoms. The van der Waals surface area contributed by atoms with Gasteiger partial charge in [0.25, 0.3) is 0 Å². The predicted molar refractivity (Wildman–Crippen MR) is 156 cm³/mol. The average molecular weight is 538 g/mol. The number of hydrogen-bond donors (Lipinski definition) is 1. The van der Waals surface area contributed by atoms with Crippen molar-refractivity contribution in [3.05, 3.63) is 131 Å². The number of rotatable bonds is 13. The molecule has 0 heterocycles. The Morgan fingerprint density at radius 3 is 1.95 bits per heavy atom. The molecule has 6 heteroatoms. The van der Waals surface area contributed by atoms with Crippen LogP contribution in [0.4, 0.5) is 0 Å². The number of para-hydroxylation sites is 1. The largest absolute Gasteiger partial charge is 0.493 e. The SMILES string of the molecule is CCOC(=O)C(Cc1cccc(OC)c1OCCc1ccccc1)NC(=O)C(c1ccccc1)c1ccccc1. The van der Waals surface area contributed by atoms with Crippen LogP contribution in [-0.2, 0) is 27.2 Å². The fourth-order valence-corrected chi connectivity index (χ4v) is 4.66. The maximum absolute atomic E-state index is 13.8. The smallest absolute Gasteiger partial charge is 0.328 e. The van der Waals surface area contributed by atoms with Gasteiger partial charge in [-0.3, -0.25) is 4.79 Å². The first-order valence-corrected chi connectivity index (χ1v) is 13.5. The number of carbonyl (C=O) groups excluding carboxylic acids is 2. The molecule has 0 saturated carbocycles. The van der Waals surface area contributed by atoms with E-state index in [1.807, 2.05) is 97.1 Å². The Morgan fingerprint density at radius 1 is 0.775 bits per heavy atom. The summed E-state index contributed by atoms with van der Waals surface area (Å²) in [6.45, 7) is 2.37. The zero-order valence-corrected chi connectivity index (χ0v) is 22.9. The highest BCUT2D eigenvalue weighted by atomic mass is 16.5. The molecule has 0 aliphatic heterocycles. The number of amides is 1. The predicted octanol–water partition coefficient (Wildman–Crippen LogP) is 5.74. The Kier molecular flexibility index (Phi) is 10.3. The third-order valence-electron chi connectivity index (χ3n) is 6.60. The third-order valence-corrected chi connectivity index (χ3v) is 6.60. The van der Waals surface area contributed by atoms with E-state index >= 15 is 0 Å². The van der Waals surface area contributed by atoms with E-state index in [0.29, 0.717) is 24.5 Å². The van der Waals surface area contributed by atoms with Crippen molar-refractivity contribution in [3.63, 3.8) is 0 Å². The van der Waals surface area contributed by atoms with E-state index in [-0.39, 0.29) is 18.9 Å². The van der Waals surface area contributed by atoms with Gasteiger partial charge < -0.3 is 19.5 Å². The number of methoxy groups -OCH3 is 1. The van der Waals surface area contributed by atoms with Gasteiger partial charge in [0.15, 0.2) is 11.5 Å². The lowest BCUT2D eigenvalue weighted by Gasteiger charge is -2.24. The molecule has 1 amide bonds. The second kappa shape index (κ2) is 14.5. The van der Waals surface area contributed by atoms with Gasteiger partial charge in [0.2, 0.25) is 5.91 Å². The van der Waals surface area contributed by atoms with Crippen LogP contribution in [0.5, 0.6) is 11.5 Å². The fourth-order valence-electron chi connectivity index (χ4n) is 4.66. The van der Waals surface area contributed by atoms with Gasteiger partial charge in [-0.2, -0.15) is 0 Å². The summed E-state index contributed by atoms with van der Waals surface area (Å²) in [5.41, 5.74) is 3.56. The van der Waals surface area contributed by atoms with Gasteiger partial charge in [-0.25, -0.2) is 4.79 Å². The second-order valence-electron chi connectivity index (χ2n) is 9.30. The molecule has 0 aliphatic carbocycles. The van der Waals surface area contributed by atoms with E-state index in [9.17, 15) is 9.59 Å². The van der Waals surface area contributed by atoms with Crippen molar-refractivity contribution in [1.29, 1.82) is 0 Å². The minimum absolute atomic E-state index is 0.179. The molecule has 0 fully saturated rings. The van der Waals surface area contributed by atoms with Crippen LogP contribution < -0.4 is 14.8 Å². The Bertz CT molecular complexity index is 1320. The average Bonchev–Trinajstić information content (AvgIpc) is 2.99. The first-order valence-electron chi connectivity index (χ1n) is 13.5. The van der Waals surface area contributed by atoms with Gasteiger partial charge in [0, 0.05) is 18.4 Å². The van der Waals surface area contributed by atoms with Crippen molar-refractivity contribution in [2.24, 2.45) is 0 Å². The van der Waals surface area contributed by atoms with Crippen molar-refractivity contribution in [2.45, 2.75) is 31.7 Å². The minimum Gasteiger partial charge on any atom is -0.493 e. The summed E-state index contributed by atoms with van der Waals surface area (Å²) >= 11 is 0. The summed E-state index contributed by atoms with van der Waals surface area (Å²) in [5, 5.41) is 2.98. The number of carbonyl (C=O) groups is 2. The molecule has 0 spiro atoms. The van der Waals surface area contributed by atoms with Crippen molar-refractivity contribution >= 4 is 11.9 Å². The Balaban J connectivity index is 1.59. The first kappa shape index (κ1) is 28.4. The van der Waals surface area contributed by atoms with Gasteiger partial charge in [-0.1, -0.05) is 103 Å². The molecule has 1 N–H and O–H groups in total. The standard InChI is InChI=1S/C34H35NO5/c1-3-39-34(37)29(35-33(36)31(26-16-9-5-10-17-26)27-18-11-6-12-19-27)24-28-20-13-21-30(38-2)32(28)40-23-22-25-14-7-4-8-15-25/h4-21,29,31H,3,22-24H2,1-2H3,(H,35,36). The maximum atomic E-state index is 13.8. The summed E-state index contributed by atoms with van der Waals surface area (Å²) in [7, 11) is 1.58. The van der Waals surface area contributed by atoms with Crippen LogP contribution in [0, 0.1) is 0 Å². The molecule has 4 aromatic carbocycles. The summed E-state index contributed by atoms with van der Waals surface area (Å²) < 4.78 is 17.2. The highest BCUT2D eigenvalue weighted by molar-refractivity contribution is 5.91.